The van der Waals surface area contributed by atoms with Crippen LogP contribution in [0.1, 0.15) is 0 Å². The van der Waals surface area contributed by atoms with Gasteiger partial charge in [0.1, 0.15) is 11.5 Å². The van der Waals surface area contributed by atoms with Crippen molar-refractivity contribution in [1.82, 2.24) is 10.2 Å². The van der Waals surface area contributed by atoms with Gasteiger partial charge in [-0.3, -0.25) is 4.79 Å². The van der Waals surface area contributed by atoms with Gasteiger partial charge in [0.2, 0.25) is 11.0 Å². The second kappa shape index (κ2) is 10.8. The van der Waals surface area contributed by atoms with Gasteiger partial charge >= 0.3 is 0 Å². The first-order valence-corrected chi connectivity index (χ1v) is 12.0. The summed E-state index contributed by atoms with van der Waals surface area (Å²) in [5.74, 6) is 1.72. The lowest BCUT2D eigenvalue weighted by Gasteiger charge is -2.12. The molecule has 0 radical (unpaired) electrons. The van der Waals surface area contributed by atoms with E-state index in [4.69, 9.17) is 4.74 Å². The maximum atomic E-state index is 12.3. The van der Waals surface area contributed by atoms with E-state index < -0.39 is 0 Å². The number of anilines is 4. The fraction of sp³-hybridized carbons (Fsp3) is 0.125. The Bertz CT molecular complexity index is 1180. The predicted molar refractivity (Wildman–Crippen MR) is 136 cm³/mol. The normalized spacial score (nSPS) is 10.5. The number of rotatable bonds is 9. The van der Waals surface area contributed by atoms with E-state index in [1.54, 1.807) is 0 Å². The molecule has 4 aromatic rings. The highest BCUT2D eigenvalue weighted by molar-refractivity contribution is 8.01. The molecule has 4 rings (SSSR count). The van der Waals surface area contributed by atoms with Crippen molar-refractivity contribution in [1.29, 1.82) is 0 Å². The molecule has 1 heterocycles. The van der Waals surface area contributed by atoms with Crippen molar-refractivity contribution in [2.75, 3.05) is 35.4 Å². The summed E-state index contributed by atoms with van der Waals surface area (Å²) < 4.78 is 6.53. The number of benzene rings is 3. The summed E-state index contributed by atoms with van der Waals surface area (Å²) in [5, 5.41) is 15.1. The van der Waals surface area contributed by atoms with Crippen LogP contribution in [0, 0.1) is 0 Å². The third-order valence-corrected chi connectivity index (χ3v) is 6.46. The van der Waals surface area contributed by atoms with E-state index >= 15 is 0 Å². The summed E-state index contributed by atoms with van der Waals surface area (Å²) in [6, 6.07) is 25.0. The van der Waals surface area contributed by atoms with Gasteiger partial charge in [0.15, 0.2) is 4.34 Å². The molecule has 0 aliphatic heterocycles. The largest absolute Gasteiger partial charge is 0.457 e. The molecule has 0 bridgehead atoms. The molecule has 0 saturated carbocycles. The number of carbonyl (C=O) groups is 1. The van der Waals surface area contributed by atoms with Gasteiger partial charge in [-0.05, 0) is 60.7 Å². The molecule has 3 aromatic carbocycles. The van der Waals surface area contributed by atoms with Crippen molar-refractivity contribution in [3.63, 3.8) is 0 Å². The van der Waals surface area contributed by atoms with Crippen LogP contribution in [-0.4, -0.2) is 36.0 Å². The number of thioether (sulfide) groups is 1. The molecular weight excluding hydrogens is 454 g/mol. The maximum Gasteiger partial charge on any atom is 0.234 e. The van der Waals surface area contributed by atoms with Crippen LogP contribution in [-0.2, 0) is 4.79 Å². The highest BCUT2D eigenvalue weighted by atomic mass is 32.2. The zero-order valence-corrected chi connectivity index (χ0v) is 19.8. The first kappa shape index (κ1) is 22.6. The van der Waals surface area contributed by atoms with Gasteiger partial charge in [0, 0.05) is 31.2 Å². The molecule has 0 spiro atoms. The summed E-state index contributed by atoms with van der Waals surface area (Å²) in [6.45, 7) is 0. The van der Waals surface area contributed by atoms with E-state index in [2.05, 4.69) is 20.8 Å². The topological polar surface area (TPSA) is 79.4 Å². The highest BCUT2D eigenvalue weighted by Gasteiger charge is 2.09. The first-order chi connectivity index (χ1) is 16.0. The zero-order chi connectivity index (χ0) is 23.0. The number of nitrogens with zero attached hydrogens (tertiary/aromatic N) is 3. The molecular formula is C24H23N5O2S2. The lowest BCUT2D eigenvalue weighted by Crippen LogP contribution is -2.14. The fourth-order valence-electron chi connectivity index (χ4n) is 2.84. The van der Waals surface area contributed by atoms with Gasteiger partial charge in [-0.15, -0.1) is 10.2 Å². The highest BCUT2D eigenvalue weighted by Crippen LogP contribution is 2.29. The maximum absolute atomic E-state index is 12.3. The van der Waals surface area contributed by atoms with Crippen LogP contribution in [0.3, 0.4) is 0 Å². The van der Waals surface area contributed by atoms with Gasteiger partial charge in [-0.1, -0.05) is 41.3 Å². The Morgan fingerprint density at radius 3 is 2.27 bits per heavy atom. The third kappa shape index (κ3) is 6.71. The van der Waals surface area contributed by atoms with Crippen LogP contribution >= 0.6 is 23.1 Å². The van der Waals surface area contributed by atoms with Crippen molar-refractivity contribution in [3.05, 3.63) is 78.9 Å². The summed E-state index contributed by atoms with van der Waals surface area (Å²) in [6.07, 6.45) is 0. The van der Waals surface area contributed by atoms with Crippen molar-refractivity contribution in [2.45, 2.75) is 4.34 Å². The molecule has 0 aliphatic carbocycles. The van der Waals surface area contributed by atoms with E-state index in [1.807, 2.05) is 97.9 Å². The second-order valence-electron chi connectivity index (χ2n) is 7.22. The number of ether oxygens (including phenoxy) is 1. The molecule has 2 N–H and O–H groups in total. The summed E-state index contributed by atoms with van der Waals surface area (Å²) in [5.41, 5.74) is 2.72. The Hall–Kier alpha value is -3.56. The Labute approximate surface area is 200 Å². The lowest BCUT2D eigenvalue weighted by atomic mass is 10.2. The molecule has 0 unspecified atom stereocenters. The van der Waals surface area contributed by atoms with E-state index in [9.17, 15) is 4.79 Å². The SMILES string of the molecule is CN(C)c1ccc(NC(=O)CSc2nnc(Nc3ccc(Oc4ccccc4)cc3)s2)cc1. The van der Waals surface area contributed by atoms with Crippen LogP contribution in [0.2, 0.25) is 0 Å². The van der Waals surface area contributed by atoms with Gasteiger partial charge in [-0.25, -0.2) is 0 Å². The van der Waals surface area contributed by atoms with E-state index in [0.29, 0.717) is 5.13 Å². The average molecular weight is 478 g/mol. The van der Waals surface area contributed by atoms with Crippen molar-refractivity contribution in [2.24, 2.45) is 0 Å². The molecule has 1 aromatic heterocycles. The Morgan fingerprint density at radius 2 is 1.58 bits per heavy atom. The van der Waals surface area contributed by atoms with Gasteiger partial charge < -0.3 is 20.3 Å². The number of para-hydroxylation sites is 1. The Balaban J connectivity index is 1.25. The molecule has 0 saturated heterocycles. The average Bonchev–Trinajstić information content (AvgIpc) is 3.27. The number of hydrogen-bond acceptors (Lipinski definition) is 8. The minimum atomic E-state index is -0.0867. The third-order valence-electron chi connectivity index (χ3n) is 4.49. The van der Waals surface area contributed by atoms with Crippen molar-refractivity contribution >= 4 is 51.2 Å². The summed E-state index contributed by atoms with van der Waals surface area (Å²) >= 11 is 2.76. The predicted octanol–water partition coefficient (Wildman–Crippen LogP) is 5.87. The molecule has 0 atom stereocenters. The van der Waals surface area contributed by atoms with E-state index in [-0.39, 0.29) is 11.7 Å². The first-order valence-electron chi connectivity index (χ1n) is 10.2. The molecule has 33 heavy (non-hydrogen) atoms. The number of aromatic nitrogens is 2. The smallest absolute Gasteiger partial charge is 0.234 e. The Kier molecular flexibility index (Phi) is 7.43. The van der Waals surface area contributed by atoms with E-state index in [0.717, 1.165) is 32.9 Å². The summed E-state index contributed by atoms with van der Waals surface area (Å²) in [7, 11) is 3.95. The molecule has 9 heteroatoms. The van der Waals surface area contributed by atoms with Crippen LogP contribution in [0.5, 0.6) is 11.5 Å². The lowest BCUT2D eigenvalue weighted by molar-refractivity contribution is -0.113. The summed E-state index contributed by atoms with van der Waals surface area (Å²) in [4.78, 5) is 14.3. The molecule has 0 aliphatic rings. The quantitative estimate of drug-likeness (QED) is 0.292. The van der Waals surface area contributed by atoms with Crippen LogP contribution in [0.15, 0.2) is 83.2 Å². The Morgan fingerprint density at radius 1 is 0.909 bits per heavy atom. The van der Waals surface area contributed by atoms with Crippen molar-refractivity contribution < 1.29 is 9.53 Å². The molecule has 7 nitrogen and oxygen atoms in total. The van der Waals surface area contributed by atoms with Gasteiger partial charge in [0.25, 0.3) is 0 Å². The molecule has 0 fully saturated rings. The fourth-order valence-corrected chi connectivity index (χ4v) is 4.41. The monoisotopic (exact) mass is 477 g/mol. The van der Waals surface area contributed by atoms with Gasteiger partial charge in [0.05, 0.1) is 5.75 Å². The van der Waals surface area contributed by atoms with Crippen LogP contribution in [0.4, 0.5) is 22.2 Å². The zero-order valence-electron chi connectivity index (χ0n) is 18.2. The number of amides is 1. The number of hydrogen-bond donors (Lipinski definition) is 2. The van der Waals surface area contributed by atoms with Crippen molar-refractivity contribution in [3.8, 4) is 11.5 Å². The molecule has 168 valence electrons. The number of nitrogens with one attached hydrogen (secondary N) is 2. The van der Waals surface area contributed by atoms with Crippen LogP contribution in [0.25, 0.3) is 0 Å². The van der Waals surface area contributed by atoms with Gasteiger partial charge in [-0.2, -0.15) is 0 Å². The minimum Gasteiger partial charge on any atom is -0.457 e. The van der Waals surface area contributed by atoms with E-state index in [1.165, 1.54) is 23.1 Å². The van der Waals surface area contributed by atoms with Crippen LogP contribution < -0.4 is 20.3 Å². The standard InChI is InChI=1S/C24H23N5O2S2/c1-29(2)19-12-8-17(9-13-19)25-22(30)16-32-24-28-27-23(33-24)26-18-10-14-21(15-11-18)31-20-6-4-3-5-7-20/h3-15H,16H2,1-2H3,(H,25,30)(H,26,27). The minimum absolute atomic E-state index is 0.0867. The second-order valence-corrected chi connectivity index (χ2v) is 9.42. The molecule has 1 amide bonds. The number of carbonyl (C=O) groups excluding carboxylic acids is 1.